The summed E-state index contributed by atoms with van der Waals surface area (Å²) in [5, 5.41) is 0. The van der Waals surface area contributed by atoms with Crippen LogP contribution in [0.15, 0.2) is 24.3 Å². The van der Waals surface area contributed by atoms with Gasteiger partial charge < -0.3 is 0 Å². The Kier molecular flexibility index (Phi) is 2.72. The molecule has 1 saturated carbocycles. The number of fused-ring (bicyclic) bond motifs is 1. The zero-order chi connectivity index (χ0) is 11.0. The maximum absolute atomic E-state index is 2.66. The van der Waals surface area contributed by atoms with Crippen molar-refractivity contribution in [3.63, 3.8) is 0 Å². The van der Waals surface area contributed by atoms with Crippen LogP contribution in [0.5, 0.6) is 0 Å². The maximum atomic E-state index is 2.66. The molecule has 2 unspecified atom stereocenters. The van der Waals surface area contributed by atoms with Crippen LogP contribution in [0, 0.1) is 18.8 Å². The lowest BCUT2D eigenvalue weighted by Gasteiger charge is -2.18. The van der Waals surface area contributed by atoms with Crippen LogP contribution < -0.4 is 0 Å². The topological polar surface area (TPSA) is 3.24 Å². The largest absolute Gasteiger partial charge is 0.299 e. The molecule has 3 rings (SSSR count). The van der Waals surface area contributed by atoms with Crippen LogP contribution in [0.3, 0.4) is 0 Å². The Morgan fingerprint density at radius 2 is 1.81 bits per heavy atom. The molecule has 0 radical (unpaired) electrons. The number of likely N-dealkylation sites (tertiary alicyclic amines) is 1. The van der Waals surface area contributed by atoms with E-state index in [4.69, 9.17) is 0 Å². The number of hydrogen-bond acceptors (Lipinski definition) is 1. The molecule has 0 bridgehead atoms. The molecule has 86 valence electrons. The Balaban J connectivity index is 1.66. The van der Waals surface area contributed by atoms with Crippen LogP contribution in [-0.4, -0.2) is 18.0 Å². The van der Waals surface area contributed by atoms with Gasteiger partial charge in [0.05, 0.1) is 0 Å². The Hall–Kier alpha value is -0.820. The van der Waals surface area contributed by atoms with Gasteiger partial charge in [-0.25, -0.2) is 0 Å². The van der Waals surface area contributed by atoms with Crippen molar-refractivity contribution in [2.45, 2.75) is 32.7 Å². The lowest BCUT2D eigenvalue weighted by molar-refractivity contribution is 0.303. The molecule has 1 saturated heterocycles. The predicted molar refractivity (Wildman–Crippen MR) is 67.3 cm³/mol. The lowest BCUT2D eigenvalue weighted by atomic mass is 10.0. The third-order valence-corrected chi connectivity index (χ3v) is 4.46. The summed E-state index contributed by atoms with van der Waals surface area (Å²) in [6.45, 7) is 6.09. The van der Waals surface area contributed by atoms with E-state index in [0.29, 0.717) is 0 Å². The van der Waals surface area contributed by atoms with Crippen molar-refractivity contribution in [1.82, 2.24) is 4.90 Å². The first kappa shape index (κ1) is 10.3. The molecule has 0 amide bonds. The molecule has 1 nitrogen and oxygen atoms in total. The molecule has 1 aromatic rings. The summed E-state index contributed by atoms with van der Waals surface area (Å²) >= 11 is 0. The fraction of sp³-hybridized carbons (Fsp3) is 0.600. The fourth-order valence-corrected chi connectivity index (χ4v) is 3.49. The van der Waals surface area contributed by atoms with Gasteiger partial charge in [0.15, 0.2) is 0 Å². The molecule has 0 aromatic heterocycles. The average molecular weight is 215 g/mol. The Morgan fingerprint density at radius 1 is 1.12 bits per heavy atom. The Morgan fingerprint density at radius 3 is 2.50 bits per heavy atom. The minimum Gasteiger partial charge on any atom is -0.299 e. The molecule has 1 aromatic carbocycles. The Bertz CT molecular complexity index is 359. The van der Waals surface area contributed by atoms with Gasteiger partial charge in [-0.1, -0.05) is 30.7 Å². The smallest absolute Gasteiger partial charge is 0.0236 e. The van der Waals surface area contributed by atoms with Gasteiger partial charge >= 0.3 is 0 Å². The number of nitrogens with zero attached hydrogens (tertiary/aromatic N) is 1. The van der Waals surface area contributed by atoms with Crippen LogP contribution in [-0.2, 0) is 6.54 Å². The van der Waals surface area contributed by atoms with Gasteiger partial charge in [0.1, 0.15) is 0 Å². The van der Waals surface area contributed by atoms with Gasteiger partial charge in [-0.05, 0) is 42.7 Å². The number of hydrogen-bond donors (Lipinski definition) is 0. The normalized spacial score (nSPS) is 29.6. The summed E-state index contributed by atoms with van der Waals surface area (Å²) in [5.74, 6) is 2.04. The Labute approximate surface area is 98.5 Å². The third kappa shape index (κ3) is 1.89. The van der Waals surface area contributed by atoms with E-state index in [1.165, 1.54) is 50.0 Å². The zero-order valence-electron chi connectivity index (χ0n) is 10.2. The minimum atomic E-state index is 1.02. The SMILES string of the molecule is Cc1ccccc1CN1CC2CCCC2C1. The second kappa shape index (κ2) is 4.21. The number of benzene rings is 1. The van der Waals surface area contributed by atoms with Crippen LogP contribution in [0.4, 0.5) is 0 Å². The van der Waals surface area contributed by atoms with Crippen molar-refractivity contribution >= 4 is 0 Å². The molecule has 2 aliphatic rings. The molecule has 1 heteroatoms. The highest BCUT2D eigenvalue weighted by Crippen LogP contribution is 2.38. The first-order valence-corrected chi connectivity index (χ1v) is 6.60. The standard InChI is InChI=1S/C15H21N/c1-12-5-2-3-6-13(12)9-16-10-14-7-4-8-15(14)11-16/h2-3,5-6,14-15H,4,7-11H2,1H3. The third-order valence-electron chi connectivity index (χ3n) is 4.46. The molecule has 2 atom stereocenters. The van der Waals surface area contributed by atoms with Gasteiger partial charge in [-0.2, -0.15) is 0 Å². The van der Waals surface area contributed by atoms with E-state index in [-0.39, 0.29) is 0 Å². The molecule has 0 spiro atoms. The molecular formula is C15H21N. The fourth-order valence-electron chi connectivity index (χ4n) is 3.49. The van der Waals surface area contributed by atoms with Gasteiger partial charge in [-0.15, -0.1) is 0 Å². The molecule has 0 N–H and O–H groups in total. The van der Waals surface area contributed by atoms with E-state index in [0.717, 1.165) is 11.8 Å². The van der Waals surface area contributed by atoms with Crippen molar-refractivity contribution in [3.8, 4) is 0 Å². The molecule has 1 aliphatic carbocycles. The molecule has 1 aliphatic heterocycles. The van der Waals surface area contributed by atoms with Crippen molar-refractivity contribution in [2.75, 3.05) is 13.1 Å². The highest BCUT2D eigenvalue weighted by atomic mass is 15.2. The van der Waals surface area contributed by atoms with E-state index in [1.54, 1.807) is 0 Å². The summed E-state index contributed by atoms with van der Waals surface area (Å²) in [7, 11) is 0. The maximum Gasteiger partial charge on any atom is 0.0236 e. The van der Waals surface area contributed by atoms with Crippen LogP contribution >= 0.6 is 0 Å². The molecule has 2 fully saturated rings. The molecule has 16 heavy (non-hydrogen) atoms. The summed E-state index contributed by atoms with van der Waals surface area (Å²) in [4.78, 5) is 2.66. The quantitative estimate of drug-likeness (QED) is 0.732. The minimum absolute atomic E-state index is 1.02. The predicted octanol–water partition coefficient (Wildman–Crippen LogP) is 3.23. The summed E-state index contributed by atoms with van der Waals surface area (Å²) in [5.41, 5.74) is 2.96. The first-order valence-electron chi connectivity index (χ1n) is 6.60. The van der Waals surface area contributed by atoms with E-state index < -0.39 is 0 Å². The van der Waals surface area contributed by atoms with Crippen LogP contribution in [0.25, 0.3) is 0 Å². The summed E-state index contributed by atoms with van der Waals surface area (Å²) < 4.78 is 0. The van der Waals surface area contributed by atoms with Crippen molar-refractivity contribution in [1.29, 1.82) is 0 Å². The van der Waals surface area contributed by atoms with E-state index in [2.05, 4.69) is 36.1 Å². The monoisotopic (exact) mass is 215 g/mol. The zero-order valence-corrected chi connectivity index (χ0v) is 10.2. The van der Waals surface area contributed by atoms with Gasteiger partial charge in [0.25, 0.3) is 0 Å². The van der Waals surface area contributed by atoms with Crippen molar-refractivity contribution in [3.05, 3.63) is 35.4 Å². The average Bonchev–Trinajstić information content (AvgIpc) is 2.81. The second-order valence-corrected chi connectivity index (χ2v) is 5.57. The number of rotatable bonds is 2. The highest BCUT2D eigenvalue weighted by Gasteiger charge is 2.35. The van der Waals surface area contributed by atoms with Gasteiger partial charge in [0.2, 0.25) is 0 Å². The van der Waals surface area contributed by atoms with Gasteiger partial charge in [-0.3, -0.25) is 4.90 Å². The summed E-state index contributed by atoms with van der Waals surface area (Å²) in [6.07, 6.45) is 4.44. The van der Waals surface area contributed by atoms with Crippen molar-refractivity contribution in [2.24, 2.45) is 11.8 Å². The van der Waals surface area contributed by atoms with Crippen LogP contribution in [0.1, 0.15) is 30.4 Å². The van der Waals surface area contributed by atoms with Gasteiger partial charge in [0, 0.05) is 19.6 Å². The van der Waals surface area contributed by atoms with Crippen molar-refractivity contribution < 1.29 is 0 Å². The highest BCUT2D eigenvalue weighted by molar-refractivity contribution is 5.25. The lowest BCUT2D eigenvalue weighted by Crippen LogP contribution is -2.21. The second-order valence-electron chi connectivity index (χ2n) is 5.57. The van der Waals surface area contributed by atoms with E-state index in [1.807, 2.05) is 0 Å². The first-order chi connectivity index (χ1) is 7.83. The molecular weight excluding hydrogens is 194 g/mol. The summed E-state index contributed by atoms with van der Waals surface area (Å²) in [6, 6.07) is 8.81. The van der Waals surface area contributed by atoms with Crippen LogP contribution in [0.2, 0.25) is 0 Å². The number of aryl methyl sites for hydroxylation is 1. The molecule has 1 heterocycles. The van der Waals surface area contributed by atoms with E-state index in [9.17, 15) is 0 Å². The van der Waals surface area contributed by atoms with E-state index >= 15 is 0 Å².